The number of aryl methyl sites for hydroxylation is 1. The lowest BCUT2D eigenvalue weighted by molar-refractivity contribution is -0.385. The largest absolute Gasteiger partial charge is 0.334 e. The van der Waals surface area contributed by atoms with Gasteiger partial charge in [0.05, 0.1) is 4.92 Å². The Kier molecular flexibility index (Phi) is 3.63. The molecule has 1 aromatic rings. The number of nitrogens with zero attached hydrogens (tertiary/aromatic N) is 2. The highest BCUT2D eigenvalue weighted by molar-refractivity contribution is 5.95. The van der Waals surface area contributed by atoms with Crippen LogP contribution in [0, 0.1) is 23.0 Å². The van der Waals surface area contributed by atoms with E-state index in [1.807, 2.05) is 4.90 Å². The van der Waals surface area contributed by atoms with Gasteiger partial charge in [0, 0.05) is 42.9 Å². The Labute approximate surface area is 123 Å². The van der Waals surface area contributed by atoms with E-state index in [1.165, 1.54) is 6.07 Å². The van der Waals surface area contributed by atoms with Crippen LogP contribution in [-0.4, -0.2) is 41.4 Å². The summed E-state index contributed by atoms with van der Waals surface area (Å²) in [6, 6.07) is 4.98. The number of hydrogen-bond donors (Lipinski definition) is 1. The molecule has 0 aromatic heterocycles. The van der Waals surface area contributed by atoms with E-state index in [2.05, 4.69) is 5.32 Å². The highest BCUT2D eigenvalue weighted by Crippen LogP contribution is 2.28. The van der Waals surface area contributed by atoms with E-state index in [4.69, 9.17) is 0 Å². The van der Waals surface area contributed by atoms with Gasteiger partial charge in [0.25, 0.3) is 11.6 Å². The molecule has 6 nitrogen and oxygen atoms in total. The molecule has 6 heteroatoms. The zero-order valence-electron chi connectivity index (χ0n) is 12.0. The smallest absolute Gasteiger partial charge is 0.273 e. The quantitative estimate of drug-likeness (QED) is 0.664. The van der Waals surface area contributed by atoms with Gasteiger partial charge in [0.15, 0.2) is 0 Å². The van der Waals surface area contributed by atoms with E-state index in [1.54, 1.807) is 19.1 Å². The molecule has 2 saturated heterocycles. The van der Waals surface area contributed by atoms with Crippen LogP contribution in [0.3, 0.4) is 0 Å². The molecule has 112 valence electrons. The number of carbonyl (C=O) groups excluding carboxylic acids is 1. The fourth-order valence-corrected chi connectivity index (χ4v) is 3.43. The van der Waals surface area contributed by atoms with Gasteiger partial charge in [-0.3, -0.25) is 14.9 Å². The van der Waals surface area contributed by atoms with Crippen LogP contribution in [0.2, 0.25) is 0 Å². The fraction of sp³-hybridized carbons (Fsp3) is 0.533. The van der Waals surface area contributed by atoms with Crippen molar-refractivity contribution < 1.29 is 9.72 Å². The molecule has 1 N–H and O–H groups in total. The number of amides is 1. The number of carbonyl (C=O) groups is 1. The second kappa shape index (κ2) is 5.44. The van der Waals surface area contributed by atoms with Crippen LogP contribution in [0.15, 0.2) is 18.2 Å². The molecule has 2 atom stereocenters. The van der Waals surface area contributed by atoms with E-state index in [-0.39, 0.29) is 17.6 Å². The predicted molar refractivity (Wildman–Crippen MR) is 78.3 cm³/mol. The number of fused-ring (bicyclic) bond motifs is 1. The standard InChI is InChI=1S/C15H19N3O3/c1-10-4-5-11(7-13(10)18(20)21)15(19)17-6-2-3-12-8-16-9-14(12)17/h4-5,7,12,14,16H,2-3,6,8-9H2,1H3. The SMILES string of the molecule is Cc1ccc(C(=O)N2CCCC3CNCC32)cc1[N+](=O)[O-]. The van der Waals surface area contributed by atoms with Crippen LogP contribution < -0.4 is 5.32 Å². The minimum absolute atomic E-state index is 0.0129. The summed E-state index contributed by atoms with van der Waals surface area (Å²) in [6.07, 6.45) is 2.15. The van der Waals surface area contributed by atoms with Crippen molar-refractivity contribution in [3.63, 3.8) is 0 Å². The Morgan fingerprint density at radius 3 is 3.00 bits per heavy atom. The average Bonchev–Trinajstić information content (AvgIpc) is 2.95. The maximum atomic E-state index is 12.7. The fourth-order valence-electron chi connectivity index (χ4n) is 3.43. The molecule has 0 bridgehead atoms. The zero-order chi connectivity index (χ0) is 15.0. The van der Waals surface area contributed by atoms with Gasteiger partial charge in [0.2, 0.25) is 0 Å². The third-order valence-corrected chi connectivity index (χ3v) is 4.59. The van der Waals surface area contributed by atoms with Crippen molar-refractivity contribution in [2.45, 2.75) is 25.8 Å². The maximum Gasteiger partial charge on any atom is 0.273 e. The first-order valence-corrected chi connectivity index (χ1v) is 7.34. The van der Waals surface area contributed by atoms with Crippen LogP contribution in [0.5, 0.6) is 0 Å². The summed E-state index contributed by atoms with van der Waals surface area (Å²) < 4.78 is 0. The Bertz CT molecular complexity index is 588. The Balaban J connectivity index is 1.88. The molecule has 2 unspecified atom stereocenters. The highest BCUT2D eigenvalue weighted by Gasteiger charge is 2.37. The molecule has 1 amide bonds. The molecule has 0 spiro atoms. The summed E-state index contributed by atoms with van der Waals surface area (Å²) >= 11 is 0. The van der Waals surface area contributed by atoms with Crippen molar-refractivity contribution in [1.82, 2.24) is 10.2 Å². The number of hydrogen-bond acceptors (Lipinski definition) is 4. The lowest BCUT2D eigenvalue weighted by atomic mass is 9.91. The van der Waals surface area contributed by atoms with E-state index >= 15 is 0 Å². The predicted octanol–water partition coefficient (Wildman–Crippen LogP) is 1.73. The van der Waals surface area contributed by atoms with Gasteiger partial charge in [-0.05, 0) is 31.7 Å². The van der Waals surface area contributed by atoms with Crippen molar-refractivity contribution in [2.24, 2.45) is 5.92 Å². The Hall–Kier alpha value is -1.95. The van der Waals surface area contributed by atoms with Crippen LogP contribution >= 0.6 is 0 Å². The first kappa shape index (κ1) is 14.0. The van der Waals surface area contributed by atoms with Gasteiger partial charge < -0.3 is 10.2 Å². The van der Waals surface area contributed by atoms with E-state index < -0.39 is 4.92 Å². The second-order valence-corrected chi connectivity index (χ2v) is 5.88. The van der Waals surface area contributed by atoms with Crippen molar-refractivity contribution in [3.05, 3.63) is 39.4 Å². The zero-order valence-corrected chi connectivity index (χ0v) is 12.0. The first-order valence-electron chi connectivity index (χ1n) is 7.34. The summed E-state index contributed by atoms with van der Waals surface area (Å²) in [5, 5.41) is 14.4. The number of benzene rings is 1. The van der Waals surface area contributed by atoms with E-state index in [0.717, 1.165) is 32.5 Å². The van der Waals surface area contributed by atoms with Gasteiger partial charge in [-0.1, -0.05) is 6.07 Å². The van der Waals surface area contributed by atoms with Gasteiger partial charge in [-0.25, -0.2) is 0 Å². The van der Waals surface area contributed by atoms with Crippen molar-refractivity contribution in [3.8, 4) is 0 Å². The molecule has 1 aromatic carbocycles. The maximum absolute atomic E-state index is 12.7. The van der Waals surface area contributed by atoms with Crippen LogP contribution in [-0.2, 0) is 0 Å². The van der Waals surface area contributed by atoms with Crippen molar-refractivity contribution in [2.75, 3.05) is 19.6 Å². The molecule has 2 heterocycles. The molecule has 3 rings (SSSR count). The topological polar surface area (TPSA) is 75.5 Å². The normalized spacial score (nSPS) is 24.7. The number of piperidine rings is 1. The third-order valence-electron chi connectivity index (χ3n) is 4.59. The summed E-state index contributed by atoms with van der Waals surface area (Å²) in [7, 11) is 0. The molecule has 2 fully saturated rings. The summed E-state index contributed by atoms with van der Waals surface area (Å²) in [4.78, 5) is 25.2. The third kappa shape index (κ3) is 2.51. The average molecular weight is 289 g/mol. The van der Waals surface area contributed by atoms with Crippen LogP contribution in [0.1, 0.15) is 28.8 Å². The molecular weight excluding hydrogens is 270 g/mol. The van der Waals surface area contributed by atoms with E-state index in [9.17, 15) is 14.9 Å². The highest BCUT2D eigenvalue weighted by atomic mass is 16.6. The Morgan fingerprint density at radius 1 is 1.43 bits per heavy atom. The van der Waals surface area contributed by atoms with Crippen molar-refractivity contribution >= 4 is 11.6 Å². The minimum Gasteiger partial charge on any atom is -0.334 e. The van der Waals surface area contributed by atoms with Gasteiger partial charge in [-0.2, -0.15) is 0 Å². The molecule has 2 aliphatic rings. The number of nitrogens with one attached hydrogen (secondary N) is 1. The molecule has 0 aliphatic carbocycles. The molecular formula is C15H19N3O3. The second-order valence-electron chi connectivity index (χ2n) is 5.88. The molecule has 0 radical (unpaired) electrons. The first-order chi connectivity index (χ1) is 10.1. The van der Waals surface area contributed by atoms with Gasteiger partial charge in [-0.15, -0.1) is 0 Å². The van der Waals surface area contributed by atoms with Crippen LogP contribution in [0.4, 0.5) is 5.69 Å². The summed E-state index contributed by atoms with van der Waals surface area (Å²) in [5.74, 6) is 0.430. The lowest BCUT2D eigenvalue weighted by Crippen LogP contribution is -2.48. The van der Waals surface area contributed by atoms with Gasteiger partial charge >= 0.3 is 0 Å². The summed E-state index contributed by atoms with van der Waals surface area (Å²) in [5.41, 5.74) is 1.01. The van der Waals surface area contributed by atoms with Gasteiger partial charge in [0.1, 0.15) is 0 Å². The molecule has 0 saturated carbocycles. The monoisotopic (exact) mass is 289 g/mol. The minimum atomic E-state index is -0.428. The molecule has 21 heavy (non-hydrogen) atoms. The Morgan fingerprint density at radius 2 is 2.24 bits per heavy atom. The van der Waals surface area contributed by atoms with E-state index in [0.29, 0.717) is 17.0 Å². The van der Waals surface area contributed by atoms with Crippen molar-refractivity contribution in [1.29, 1.82) is 0 Å². The lowest BCUT2D eigenvalue weighted by Gasteiger charge is -2.37. The number of nitro benzene ring substituents is 1. The summed E-state index contributed by atoms with van der Waals surface area (Å²) in [6.45, 7) is 4.21. The number of nitro groups is 1. The van der Waals surface area contributed by atoms with Crippen LogP contribution in [0.25, 0.3) is 0 Å². The number of rotatable bonds is 2. The number of likely N-dealkylation sites (tertiary alicyclic amines) is 1. The molecule has 2 aliphatic heterocycles.